The lowest BCUT2D eigenvalue weighted by Crippen LogP contribution is -2.30. The van der Waals surface area contributed by atoms with Gasteiger partial charge in [-0.05, 0) is 12.1 Å². The summed E-state index contributed by atoms with van der Waals surface area (Å²) in [6.45, 7) is 2.65. The maximum Gasteiger partial charge on any atom is 0.322 e. The summed E-state index contributed by atoms with van der Waals surface area (Å²) in [5.41, 5.74) is 5.88. The van der Waals surface area contributed by atoms with Gasteiger partial charge in [-0.25, -0.2) is 4.79 Å². The summed E-state index contributed by atoms with van der Waals surface area (Å²) in [6, 6.07) is 8.75. The van der Waals surface area contributed by atoms with Crippen molar-refractivity contribution in [3.05, 3.63) is 35.9 Å². The molecule has 5 heteroatoms. The zero-order valence-corrected chi connectivity index (χ0v) is 9.77. The van der Waals surface area contributed by atoms with Crippen LogP contribution in [0.15, 0.2) is 30.3 Å². The third-order valence-corrected chi connectivity index (χ3v) is 2.14. The van der Waals surface area contributed by atoms with Crippen LogP contribution in [-0.2, 0) is 11.2 Å². The first-order chi connectivity index (χ1) is 8.17. The van der Waals surface area contributed by atoms with Gasteiger partial charge in [-0.2, -0.15) is 0 Å². The van der Waals surface area contributed by atoms with E-state index in [9.17, 15) is 9.59 Å². The first-order valence-corrected chi connectivity index (χ1v) is 5.52. The van der Waals surface area contributed by atoms with Gasteiger partial charge >= 0.3 is 6.03 Å². The Balaban J connectivity index is 0.000000437. The highest BCUT2D eigenvalue weighted by Crippen LogP contribution is 2.05. The predicted octanol–water partition coefficient (Wildman–Crippen LogP) is 0.402. The van der Waals surface area contributed by atoms with Crippen LogP contribution in [0.3, 0.4) is 0 Å². The minimum atomic E-state index is -0.426. The molecule has 0 saturated carbocycles. The van der Waals surface area contributed by atoms with E-state index < -0.39 is 12.1 Å². The molecule has 1 aromatic carbocycles. The molecule has 1 aromatic rings. The molecule has 1 heterocycles. The Morgan fingerprint density at radius 2 is 1.82 bits per heavy atom. The number of rotatable bonds is 2. The molecule has 0 spiro atoms. The normalized spacial score (nSPS) is 17.9. The van der Waals surface area contributed by atoms with E-state index in [1.165, 1.54) is 0 Å². The average Bonchev–Trinajstić information content (AvgIpc) is 2.60. The van der Waals surface area contributed by atoms with E-state index in [-0.39, 0.29) is 5.91 Å². The van der Waals surface area contributed by atoms with Gasteiger partial charge in [0.1, 0.15) is 6.04 Å². The fourth-order valence-electron chi connectivity index (χ4n) is 1.45. The number of imide groups is 1. The van der Waals surface area contributed by atoms with Crippen molar-refractivity contribution < 1.29 is 9.59 Å². The fraction of sp³-hybridized carbons (Fsp3) is 0.333. The van der Waals surface area contributed by atoms with E-state index in [0.29, 0.717) is 6.42 Å². The van der Waals surface area contributed by atoms with Crippen molar-refractivity contribution in [1.29, 1.82) is 0 Å². The molecule has 0 aliphatic carbocycles. The van der Waals surface area contributed by atoms with E-state index in [0.717, 1.165) is 12.1 Å². The van der Waals surface area contributed by atoms with Gasteiger partial charge in [0.15, 0.2) is 0 Å². The van der Waals surface area contributed by atoms with Crippen molar-refractivity contribution >= 4 is 11.9 Å². The fourth-order valence-corrected chi connectivity index (χ4v) is 1.45. The van der Waals surface area contributed by atoms with Gasteiger partial charge in [0, 0.05) is 6.42 Å². The lowest BCUT2D eigenvalue weighted by molar-refractivity contribution is -0.120. The van der Waals surface area contributed by atoms with E-state index in [1.54, 1.807) is 0 Å². The molecule has 3 amide bonds. The van der Waals surface area contributed by atoms with Crippen molar-refractivity contribution in [2.75, 3.05) is 6.54 Å². The van der Waals surface area contributed by atoms with Crippen LogP contribution in [0.5, 0.6) is 0 Å². The van der Waals surface area contributed by atoms with E-state index in [2.05, 4.69) is 10.6 Å². The first-order valence-electron chi connectivity index (χ1n) is 5.52. The number of nitrogens with two attached hydrogens (primary N) is 1. The molecule has 0 bridgehead atoms. The Morgan fingerprint density at radius 1 is 1.24 bits per heavy atom. The zero-order valence-electron chi connectivity index (χ0n) is 9.77. The highest BCUT2D eigenvalue weighted by molar-refractivity contribution is 6.04. The lowest BCUT2D eigenvalue weighted by atomic mass is 10.1. The molecule has 0 aromatic heterocycles. The van der Waals surface area contributed by atoms with E-state index in [4.69, 9.17) is 5.73 Å². The SMILES string of the molecule is CCN.O=C1NC(=O)C(Cc2ccccc2)N1. The highest BCUT2D eigenvalue weighted by atomic mass is 16.2. The van der Waals surface area contributed by atoms with Crippen LogP contribution in [0, 0.1) is 0 Å². The summed E-state index contributed by atoms with van der Waals surface area (Å²) in [6.07, 6.45) is 0.540. The number of benzene rings is 1. The maximum atomic E-state index is 11.2. The van der Waals surface area contributed by atoms with Crippen LogP contribution in [0.2, 0.25) is 0 Å². The van der Waals surface area contributed by atoms with Crippen LogP contribution < -0.4 is 16.4 Å². The molecule has 5 nitrogen and oxygen atoms in total. The Hall–Kier alpha value is -1.88. The summed E-state index contributed by atoms with van der Waals surface area (Å²) < 4.78 is 0. The molecule has 2 rings (SSSR count). The number of carbonyl (C=O) groups excluding carboxylic acids is 2. The van der Waals surface area contributed by atoms with Crippen LogP contribution in [0.1, 0.15) is 12.5 Å². The van der Waals surface area contributed by atoms with Gasteiger partial charge in [0.25, 0.3) is 5.91 Å². The van der Waals surface area contributed by atoms with Crippen LogP contribution in [-0.4, -0.2) is 24.5 Å². The summed E-state index contributed by atoms with van der Waals surface area (Å²) in [7, 11) is 0. The van der Waals surface area contributed by atoms with E-state index in [1.807, 2.05) is 37.3 Å². The third kappa shape index (κ3) is 4.24. The number of hydrogen-bond donors (Lipinski definition) is 3. The average molecular weight is 235 g/mol. The second kappa shape index (κ2) is 6.65. The molecule has 1 saturated heterocycles. The van der Waals surface area contributed by atoms with Gasteiger partial charge in [0.05, 0.1) is 0 Å². The molecule has 0 radical (unpaired) electrons. The van der Waals surface area contributed by atoms with Gasteiger partial charge in [-0.1, -0.05) is 37.3 Å². The van der Waals surface area contributed by atoms with E-state index >= 15 is 0 Å². The molecule has 17 heavy (non-hydrogen) atoms. The van der Waals surface area contributed by atoms with Crippen molar-refractivity contribution in [2.24, 2.45) is 5.73 Å². The standard InChI is InChI=1S/C10H10N2O2.C2H7N/c13-9-8(11-10(14)12-9)6-7-4-2-1-3-5-7;1-2-3/h1-5,8H,6H2,(H2,11,12,13,14);2-3H2,1H3. The number of nitrogens with one attached hydrogen (secondary N) is 2. The zero-order chi connectivity index (χ0) is 12.7. The molecule has 1 aliphatic rings. The molecule has 4 N–H and O–H groups in total. The van der Waals surface area contributed by atoms with Gasteiger partial charge < -0.3 is 11.1 Å². The van der Waals surface area contributed by atoms with Crippen molar-refractivity contribution in [3.8, 4) is 0 Å². The van der Waals surface area contributed by atoms with Crippen molar-refractivity contribution in [3.63, 3.8) is 0 Å². The number of urea groups is 1. The smallest absolute Gasteiger partial charge is 0.322 e. The largest absolute Gasteiger partial charge is 0.331 e. The molecule has 1 fully saturated rings. The topological polar surface area (TPSA) is 84.2 Å². The Kier molecular flexibility index (Phi) is 5.16. The van der Waals surface area contributed by atoms with Crippen LogP contribution in [0.4, 0.5) is 4.79 Å². The van der Waals surface area contributed by atoms with Crippen LogP contribution >= 0.6 is 0 Å². The Labute approximate surface area is 100 Å². The molecular formula is C12H17N3O2. The van der Waals surface area contributed by atoms with Gasteiger partial charge in [-0.15, -0.1) is 0 Å². The minimum Gasteiger partial charge on any atom is -0.331 e. The summed E-state index contributed by atoms with van der Waals surface area (Å²) in [5.74, 6) is -0.251. The molecular weight excluding hydrogens is 218 g/mol. The highest BCUT2D eigenvalue weighted by Gasteiger charge is 2.28. The molecule has 1 unspecified atom stereocenters. The minimum absolute atomic E-state index is 0.251. The summed E-state index contributed by atoms with van der Waals surface area (Å²) in [4.78, 5) is 22.0. The maximum absolute atomic E-state index is 11.2. The van der Waals surface area contributed by atoms with Gasteiger partial charge in [0.2, 0.25) is 0 Å². The third-order valence-electron chi connectivity index (χ3n) is 2.14. The first kappa shape index (κ1) is 13.2. The summed E-state index contributed by atoms with van der Waals surface area (Å²) >= 11 is 0. The number of amides is 3. The molecule has 92 valence electrons. The van der Waals surface area contributed by atoms with Crippen molar-refractivity contribution in [2.45, 2.75) is 19.4 Å². The monoisotopic (exact) mass is 235 g/mol. The van der Waals surface area contributed by atoms with Crippen LogP contribution in [0.25, 0.3) is 0 Å². The number of hydrogen-bond acceptors (Lipinski definition) is 3. The molecule has 1 aliphatic heterocycles. The van der Waals surface area contributed by atoms with Gasteiger partial charge in [-0.3, -0.25) is 10.1 Å². The second-order valence-corrected chi connectivity index (χ2v) is 3.61. The summed E-state index contributed by atoms with van der Waals surface area (Å²) in [5, 5.41) is 4.75. The molecule has 1 atom stereocenters. The number of carbonyl (C=O) groups is 2. The Bertz CT molecular complexity index is 379. The predicted molar refractivity (Wildman–Crippen MR) is 65.3 cm³/mol. The quantitative estimate of drug-likeness (QED) is 0.649. The lowest BCUT2D eigenvalue weighted by Gasteiger charge is -2.06. The van der Waals surface area contributed by atoms with Crippen molar-refractivity contribution in [1.82, 2.24) is 10.6 Å². The second-order valence-electron chi connectivity index (χ2n) is 3.61. The Morgan fingerprint density at radius 3 is 2.29 bits per heavy atom.